The average Bonchev–Trinajstić information content (AvgIpc) is 2.65. The first-order chi connectivity index (χ1) is 13.6. The predicted molar refractivity (Wildman–Crippen MR) is 114 cm³/mol. The minimum Gasteiger partial charge on any atom is -0.462 e. The molecule has 0 aromatic carbocycles. The van der Waals surface area contributed by atoms with E-state index >= 15 is 0 Å². The standard InChI is InChI=1S/C22H37N3O4/c1-8-19(9-2)25(14-13-24(7)21(27)29-22(4,5)6)16-18-15-17(11-12-23-18)20(26)28-10-3/h11-12,15,19H,8-10,13-14,16H2,1-7H3. The first kappa shape index (κ1) is 24.9. The van der Waals surface area contributed by atoms with Crippen molar-refractivity contribution in [3.05, 3.63) is 29.6 Å². The number of likely N-dealkylation sites (N-methyl/N-ethyl adjacent to an activating group) is 1. The number of carbonyl (C=O) groups is 2. The quantitative estimate of drug-likeness (QED) is 0.544. The second-order valence-corrected chi connectivity index (χ2v) is 8.10. The van der Waals surface area contributed by atoms with Crippen LogP contribution in [0.1, 0.15) is 70.4 Å². The van der Waals surface area contributed by atoms with Crippen molar-refractivity contribution in [1.29, 1.82) is 0 Å². The lowest BCUT2D eigenvalue weighted by molar-refractivity contribution is 0.0269. The molecule has 1 amide bonds. The molecule has 0 bridgehead atoms. The highest BCUT2D eigenvalue weighted by molar-refractivity contribution is 5.89. The second kappa shape index (κ2) is 11.8. The van der Waals surface area contributed by atoms with E-state index in [1.807, 2.05) is 20.8 Å². The van der Waals surface area contributed by atoms with Gasteiger partial charge in [0.15, 0.2) is 0 Å². The van der Waals surface area contributed by atoms with Crippen LogP contribution in [0.5, 0.6) is 0 Å². The fourth-order valence-corrected chi connectivity index (χ4v) is 3.02. The van der Waals surface area contributed by atoms with Gasteiger partial charge in [0, 0.05) is 38.9 Å². The van der Waals surface area contributed by atoms with Gasteiger partial charge in [-0.15, -0.1) is 0 Å². The van der Waals surface area contributed by atoms with Crippen molar-refractivity contribution in [2.75, 3.05) is 26.7 Å². The Kier molecular flexibility index (Phi) is 10.1. The molecular weight excluding hydrogens is 370 g/mol. The highest BCUT2D eigenvalue weighted by Gasteiger charge is 2.22. The molecule has 1 aromatic heterocycles. The summed E-state index contributed by atoms with van der Waals surface area (Å²) in [5.74, 6) is -0.338. The van der Waals surface area contributed by atoms with Gasteiger partial charge in [0.1, 0.15) is 5.60 Å². The number of ether oxygens (including phenoxy) is 2. The molecule has 1 heterocycles. The molecule has 0 radical (unpaired) electrons. The second-order valence-electron chi connectivity index (χ2n) is 8.10. The van der Waals surface area contributed by atoms with E-state index in [0.717, 1.165) is 18.5 Å². The van der Waals surface area contributed by atoms with Crippen molar-refractivity contribution >= 4 is 12.1 Å². The van der Waals surface area contributed by atoms with Gasteiger partial charge < -0.3 is 14.4 Å². The van der Waals surface area contributed by atoms with Gasteiger partial charge in [-0.1, -0.05) is 13.8 Å². The van der Waals surface area contributed by atoms with Crippen LogP contribution in [0, 0.1) is 0 Å². The van der Waals surface area contributed by atoms with Gasteiger partial charge in [-0.25, -0.2) is 9.59 Å². The normalized spacial score (nSPS) is 11.6. The number of esters is 1. The summed E-state index contributed by atoms with van der Waals surface area (Å²) in [5, 5.41) is 0. The van der Waals surface area contributed by atoms with E-state index in [4.69, 9.17) is 9.47 Å². The van der Waals surface area contributed by atoms with Gasteiger partial charge in [0.2, 0.25) is 0 Å². The third-order valence-corrected chi connectivity index (χ3v) is 4.58. The zero-order valence-electron chi connectivity index (χ0n) is 19.0. The first-order valence-electron chi connectivity index (χ1n) is 10.4. The van der Waals surface area contributed by atoms with Crippen LogP contribution in [0.15, 0.2) is 18.3 Å². The van der Waals surface area contributed by atoms with Crippen LogP contribution in [0.4, 0.5) is 4.79 Å². The van der Waals surface area contributed by atoms with Crippen molar-refractivity contribution in [2.45, 2.75) is 72.6 Å². The highest BCUT2D eigenvalue weighted by Crippen LogP contribution is 2.15. The van der Waals surface area contributed by atoms with Crippen molar-refractivity contribution in [1.82, 2.24) is 14.8 Å². The molecular formula is C22H37N3O4. The summed E-state index contributed by atoms with van der Waals surface area (Å²) in [6.07, 6.45) is 3.29. The molecule has 7 heteroatoms. The molecule has 0 aliphatic carbocycles. The summed E-state index contributed by atoms with van der Waals surface area (Å²) in [6, 6.07) is 3.81. The maximum Gasteiger partial charge on any atom is 0.410 e. The summed E-state index contributed by atoms with van der Waals surface area (Å²) in [7, 11) is 1.75. The van der Waals surface area contributed by atoms with Gasteiger partial charge in [-0.05, 0) is 52.7 Å². The number of amides is 1. The molecule has 0 saturated carbocycles. The van der Waals surface area contributed by atoms with E-state index < -0.39 is 5.60 Å². The summed E-state index contributed by atoms with van der Waals surface area (Å²) < 4.78 is 10.5. The Morgan fingerprint density at radius 3 is 2.34 bits per heavy atom. The minimum atomic E-state index is -0.516. The molecule has 0 saturated heterocycles. The van der Waals surface area contributed by atoms with Crippen LogP contribution in [0.3, 0.4) is 0 Å². The lowest BCUT2D eigenvalue weighted by atomic mass is 10.1. The zero-order chi connectivity index (χ0) is 22.0. The molecule has 1 aromatic rings. The monoisotopic (exact) mass is 407 g/mol. The van der Waals surface area contributed by atoms with Crippen LogP contribution in [0.25, 0.3) is 0 Å². The fourth-order valence-electron chi connectivity index (χ4n) is 3.02. The molecule has 29 heavy (non-hydrogen) atoms. The molecule has 0 atom stereocenters. The Morgan fingerprint density at radius 2 is 1.79 bits per heavy atom. The average molecular weight is 408 g/mol. The third-order valence-electron chi connectivity index (χ3n) is 4.58. The highest BCUT2D eigenvalue weighted by atomic mass is 16.6. The maximum absolute atomic E-state index is 12.2. The van der Waals surface area contributed by atoms with Crippen LogP contribution in [-0.2, 0) is 16.0 Å². The van der Waals surface area contributed by atoms with Gasteiger partial charge in [0.05, 0.1) is 17.9 Å². The SMILES string of the molecule is CCOC(=O)c1ccnc(CN(CCN(C)C(=O)OC(C)(C)C)C(CC)CC)c1. The van der Waals surface area contributed by atoms with Crippen molar-refractivity contribution in [2.24, 2.45) is 0 Å². The van der Waals surface area contributed by atoms with Crippen LogP contribution in [0.2, 0.25) is 0 Å². The molecule has 0 aliphatic rings. The predicted octanol–water partition coefficient (Wildman–Crippen LogP) is 4.12. The number of pyridine rings is 1. The lowest BCUT2D eigenvalue weighted by Gasteiger charge is -2.32. The van der Waals surface area contributed by atoms with Crippen molar-refractivity contribution in [3.63, 3.8) is 0 Å². The molecule has 0 fully saturated rings. The zero-order valence-corrected chi connectivity index (χ0v) is 19.0. The number of hydrogen-bond donors (Lipinski definition) is 0. The van der Waals surface area contributed by atoms with E-state index in [9.17, 15) is 9.59 Å². The minimum absolute atomic E-state index is 0.329. The maximum atomic E-state index is 12.2. The van der Waals surface area contributed by atoms with Gasteiger partial charge in [0.25, 0.3) is 0 Å². The summed E-state index contributed by atoms with van der Waals surface area (Å²) >= 11 is 0. The topological polar surface area (TPSA) is 72.0 Å². The van der Waals surface area contributed by atoms with Crippen LogP contribution < -0.4 is 0 Å². The van der Waals surface area contributed by atoms with Gasteiger partial charge in [-0.3, -0.25) is 9.88 Å². The van der Waals surface area contributed by atoms with E-state index in [2.05, 4.69) is 23.7 Å². The number of nitrogens with zero attached hydrogens (tertiary/aromatic N) is 3. The van der Waals surface area contributed by atoms with E-state index in [-0.39, 0.29) is 12.1 Å². The summed E-state index contributed by atoms with van der Waals surface area (Å²) in [4.78, 5) is 32.6. The molecule has 164 valence electrons. The van der Waals surface area contributed by atoms with E-state index in [1.165, 1.54) is 0 Å². The molecule has 1 rings (SSSR count). The molecule has 7 nitrogen and oxygen atoms in total. The Labute approximate surface area is 175 Å². The Morgan fingerprint density at radius 1 is 1.14 bits per heavy atom. The molecule has 0 aliphatic heterocycles. The van der Waals surface area contributed by atoms with Crippen LogP contribution in [-0.4, -0.2) is 65.2 Å². The Bertz CT molecular complexity index is 654. The Balaban J connectivity index is 2.85. The lowest BCUT2D eigenvalue weighted by Crippen LogP contribution is -2.42. The first-order valence-corrected chi connectivity index (χ1v) is 10.4. The van der Waals surface area contributed by atoms with E-state index in [1.54, 1.807) is 37.2 Å². The molecule has 0 spiro atoms. The number of carbonyl (C=O) groups excluding carboxylic acids is 2. The number of rotatable bonds is 10. The fraction of sp³-hybridized carbons (Fsp3) is 0.682. The van der Waals surface area contributed by atoms with E-state index in [0.29, 0.717) is 37.8 Å². The van der Waals surface area contributed by atoms with Crippen molar-refractivity contribution in [3.8, 4) is 0 Å². The number of hydrogen-bond acceptors (Lipinski definition) is 6. The largest absolute Gasteiger partial charge is 0.462 e. The third kappa shape index (κ3) is 8.81. The van der Waals surface area contributed by atoms with Gasteiger partial charge in [-0.2, -0.15) is 0 Å². The smallest absolute Gasteiger partial charge is 0.410 e. The summed E-state index contributed by atoms with van der Waals surface area (Å²) in [5.41, 5.74) is 0.798. The van der Waals surface area contributed by atoms with Crippen molar-refractivity contribution < 1.29 is 19.1 Å². The van der Waals surface area contributed by atoms with Crippen LogP contribution >= 0.6 is 0 Å². The summed E-state index contributed by atoms with van der Waals surface area (Å²) in [6.45, 7) is 13.8. The van der Waals surface area contributed by atoms with Gasteiger partial charge >= 0.3 is 12.1 Å². The Hall–Kier alpha value is -2.15. The molecule has 0 unspecified atom stereocenters. The molecule has 0 N–H and O–H groups in total. The number of aromatic nitrogens is 1.